The van der Waals surface area contributed by atoms with E-state index in [1.165, 1.54) is 51.4 Å². The third-order valence-electron chi connectivity index (χ3n) is 5.51. The van der Waals surface area contributed by atoms with Gasteiger partial charge in [-0.15, -0.1) is 0 Å². The molecule has 0 saturated heterocycles. The van der Waals surface area contributed by atoms with E-state index < -0.39 is 0 Å². The minimum absolute atomic E-state index is 0.470. The van der Waals surface area contributed by atoms with E-state index in [9.17, 15) is 0 Å². The molecule has 3 aliphatic rings. The van der Waals surface area contributed by atoms with E-state index in [1.54, 1.807) is 0 Å². The van der Waals surface area contributed by atoms with E-state index in [1.807, 2.05) is 0 Å². The standard InChI is InChI=1S/C15H28N2/c1-10(11-8-9-11)17-14-7-3-5-12-4-2-6-13(16)15(12)14/h10-15,17H,2-9,16H2,1H3. The van der Waals surface area contributed by atoms with Gasteiger partial charge in [0.15, 0.2) is 0 Å². The van der Waals surface area contributed by atoms with Crippen LogP contribution >= 0.6 is 0 Å². The van der Waals surface area contributed by atoms with Gasteiger partial charge in [0, 0.05) is 18.1 Å². The molecule has 3 rings (SSSR count). The summed E-state index contributed by atoms with van der Waals surface area (Å²) >= 11 is 0. The molecule has 3 aliphatic carbocycles. The van der Waals surface area contributed by atoms with Crippen molar-refractivity contribution in [1.82, 2.24) is 5.32 Å². The van der Waals surface area contributed by atoms with Gasteiger partial charge in [-0.3, -0.25) is 0 Å². The van der Waals surface area contributed by atoms with Crippen LogP contribution in [-0.4, -0.2) is 18.1 Å². The summed E-state index contributed by atoms with van der Waals surface area (Å²) < 4.78 is 0. The molecule has 0 radical (unpaired) electrons. The van der Waals surface area contributed by atoms with Crippen LogP contribution in [0.2, 0.25) is 0 Å². The third kappa shape index (κ3) is 2.53. The van der Waals surface area contributed by atoms with Crippen LogP contribution in [0.5, 0.6) is 0 Å². The second-order valence-electron chi connectivity index (χ2n) is 6.76. The minimum Gasteiger partial charge on any atom is -0.327 e. The fourth-order valence-corrected chi connectivity index (χ4v) is 4.37. The third-order valence-corrected chi connectivity index (χ3v) is 5.51. The summed E-state index contributed by atoms with van der Waals surface area (Å²) in [6.45, 7) is 2.38. The number of fused-ring (bicyclic) bond motifs is 1. The summed E-state index contributed by atoms with van der Waals surface area (Å²) in [5.74, 6) is 2.67. The van der Waals surface area contributed by atoms with E-state index in [0.29, 0.717) is 6.04 Å². The highest BCUT2D eigenvalue weighted by Crippen LogP contribution is 2.41. The van der Waals surface area contributed by atoms with Gasteiger partial charge < -0.3 is 11.1 Å². The van der Waals surface area contributed by atoms with Crippen molar-refractivity contribution in [2.75, 3.05) is 0 Å². The van der Waals surface area contributed by atoms with Crippen molar-refractivity contribution < 1.29 is 0 Å². The van der Waals surface area contributed by atoms with Crippen molar-refractivity contribution in [3.63, 3.8) is 0 Å². The monoisotopic (exact) mass is 236 g/mol. The van der Waals surface area contributed by atoms with Gasteiger partial charge in [-0.05, 0) is 50.4 Å². The van der Waals surface area contributed by atoms with Gasteiger partial charge >= 0.3 is 0 Å². The quantitative estimate of drug-likeness (QED) is 0.790. The second-order valence-corrected chi connectivity index (χ2v) is 6.76. The number of rotatable bonds is 3. The Morgan fingerprint density at radius 1 is 1.00 bits per heavy atom. The first-order valence-corrected chi connectivity index (χ1v) is 7.77. The molecule has 98 valence electrons. The second kappa shape index (κ2) is 4.89. The lowest BCUT2D eigenvalue weighted by Gasteiger charge is -2.46. The van der Waals surface area contributed by atoms with Gasteiger partial charge in [0.2, 0.25) is 0 Å². The summed E-state index contributed by atoms with van der Waals surface area (Å²) in [6.07, 6.45) is 11.2. The maximum atomic E-state index is 6.41. The SMILES string of the molecule is CC(NC1CCCC2CCCC(N)C21)C1CC1. The van der Waals surface area contributed by atoms with Crippen LogP contribution in [0.15, 0.2) is 0 Å². The Morgan fingerprint density at radius 2 is 1.71 bits per heavy atom. The lowest BCUT2D eigenvalue weighted by atomic mass is 9.66. The van der Waals surface area contributed by atoms with Gasteiger partial charge in [-0.1, -0.05) is 25.7 Å². The van der Waals surface area contributed by atoms with Crippen LogP contribution in [0.3, 0.4) is 0 Å². The molecule has 3 N–H and O–H groups in total. The lowest BCUT2D eigenvalue weighted by Crippen LogP contribution is -2.54. The van der Waals surface area contributed by atoms with Crippen LogP contribution in [0.25, 0.3) is 0 Å². The molecule has 17 heavy (non-hydrogen) atoms. The van der Waals surface area contributed by atoms with E-state index in [4.69, 9.17) is 5.73 Å². The zero-order valence-corrected chi connectivity index (χ0v) is 11.2. The molecule has 0 aromatic carbocycles. The highest BCUT2D eigenvalue weighted by Gasteiger charge is 2.40. The number of nitrogens with two attached hydrogens (primary N) is 1. The van der Waals surface area contributed by atoms with Crippen LogP contribution in [-0.2, 0) is 0 Å². The van der Waals surface area contributed by atoms with Gasteiger partial charge in [-0.2, -0.15) is 0 Å². The van der Waals surface area contributed by atoms with Crippen molar-refractivity contribution in [3.05, 3.63) is 0 Å². The molecule has 0 amide bonds. The summed E-state index contributed by atoms with van der Waals surface area (Å²) in [5, 5.41) is 3.93. The topological polar surface area (TPSA) is 38.0 Å². The average Bonchev–Trinajstić information content (AvgIpc) is 3.13. The fraction of sp³-hybridized carbons (Fsp3) is 1.00. The van der Waals surface area contributed by atoms with Crippen molar-refractivity contribution in [1.29, 1.82) is 0 Å². The molecule has 2 heteroatoms. The Morgan fingerprint density at radius 3 is 2.41 bits per heavy atom. The molecule has 2 nitrogen and oxygen atoms in total. The summed E-state index contributed by atoms with van der Waals surface area (Å²) in [7, 11) is 0. The predicted molar refractivity (Wildman–Crippen MR) is 71.8 cm³/mol. The molecule has 0 heterocycles. The van der Waals surface area contributed by atoms with Crippen molar-refractivity contribution >= 4 is 0 Å². The maximum absolute atomic E-state index is 6.41. The van der Waals surface area contributed by atoms with Crippen molar-refractivity contribution in [2.45, 2.75) is 76.4 Å². The first-order chi connectivity index (χ1) is 8.25. The molecule has 0 aliphatic heterocycles. The molecular formula is C15H28N2. The van der Waals surface area contributed by atoms with E-state index >= 15 is 0 Å². The fourth-order valence-electron chi connectivity index (χ4n) is 4.37. The first kappa shape index (κ1) is 12.0. The highest BCUT2D eigenvalue weighted by atomic mass is 15.0. The maximum Gasteiger partial charge on any atom is 0.0115 e. The van der Waals surface area contributed by atoms with E-state index in [0.717, 1.165) is 29.8 Å². The van der Waals surface area contributed by atoms with Crippen LogP contribution in [0.4, 0.5) is 0 Å². The van der Waals surface area contributed by atoms with Crippen LogP contribution < -0.4 is 11.1 Å². The largest absolute Gasteiger partial charge is 0.327 e. The number of nitrogens with one attached hydrogen (secondary N) is 1. The Balaban J connectivity index is 1.64. The number of hydrogen-bond donors (Lipinski definition) is 2. The molecule has 5 unspecified atom stereocenters. The van der Waals surface area contributed by atoms with Gasteiger partial charge in [0.25, 0.3) is 0 Å². The van der Waals surface area contributed by atoms with Gasteiger partial charge in [0.05, 0.1) is 0 Å². The number of hydrogen-bond acceptors (Lipinski definition) is 2. The molecule has 0 aromatic heterocycles. The minimum atomic E-state index is 0.470. The van der Waals surface area contributed by atoms with Crippen molar-refractivity contribution in [2.24, 2.45) is 23.5 Å². The van der Waals surface area contributed by atoms with E-state index in [-0.39, 0.29) is 0 Å². The summed E-state index contributed by atoms with van der Waals surface area (Å²) in [5.41, 5.74) is 6.41. The smallest absolute Gasteiger partial charge is 0.0115 e. The van der Waals surface area contributed by atoms with Crippen molar-refractivity contribution in [3.8, 4) is 0 Å². The predicted octanol–water partition coefficient (Wildman–Crippen LogP) is 2.67. The Bertz CT molecular complexity index is 260. The van der Waals surface area contributed by atoms with Crippen LogP contribution in [0, 0.1) is 17.8 Å². The Kier molecular flexibility index (Phi) is 3.45. The Labute approximate surface area is 106 Å². The first-order valence-electron chi connectivity index (χ1n) is 7.77. The van der Waals surface area contributed by atoms with Gasteiger partial charge in [0.1, 0.15) is 0 Å². The normalized spacial score (nSPS) is 44.1. The molecule has 0 bridgehead atoms. The molecule has 5 atom stereocenters. The Hall–Kier alpha value is -0.0800. The molecule has 0 aromatic rings. The molecule has 0 spiro atoms. The zero-order chi connectivity index (χ0) is 11.8. The van der Waals surface area contributed by atoms with Crippen LogP contribution in [0.1, 0.15) is 58.3 Å². The van der Waals surface area contributed by atoms with E-state index in [2.05, 4.69) is 12.2 Å². The molecular weight excluding hydrogens is 208 g/mol. The highest BCUT2D eigenvalue weighted by molar-refractivity contribution is 4.97. The summed E-state index contributed by atoms with van der Waals surface area (Å²) in [4.78, 5) is 0. The molecule has 3 saturated carbocycles. The molecule has 3 fully saturated rings. The zero-order valence-electron chi connectivity index (χ0n) is 11.2. The van der Waals surface area contributed by atoms with Gasteiger partial charge in [-0.25, -0.2) is 0 Å². The summed E-state index contributed by atoms with van der Waals surface area (Å²) in [6, 6.07) is 1.92. The average molecular weight is 236 g/mol. The lowest BCUT2D eigenvalue weighted by molar-refractivity contribution is 0.0982.